The van der Waals surface area contributed by atoms with E-state index >= 15 is 0 Å². The summed E-state index contributed by atoms with van der Waals surface area (Å²) in [4.78, 5) is 9.24. The molecule has 2 heterocycles. The van der Waals surface area contributed by atoms with Crippen molar-refractivity contribution in [1.82, 2.24) is 9.97 Å². The number of aromatic nitrogens is 2. The summed E-state index contributed by atoms with van der Waals surface area (Å²) in [5, 5.41) is 15.8. The minimum atomic E-state index is -0.0351. The monoisotopic (exact) mass is 313 g/mol. The number of benzene rings is 1. The Labute approximate surface area is 133 Å². The summed E-state index contributed by atoms with van der Waals surface area (Å²) >= 11 is 1.52. The van der Waals surface area contributed by atoms with Crippen LogP contribution in [-0.2, 0) is 0 Å². The van der Waals surface area contributed by atoms with Crippen LogP contribution in [-0.4, -0.2) is 17.1 Å². The molecule has 1 aromatic carbocycles. The molecule has 0 N–H and O–H groups in total. The number of methoxy groups -OCH3 is 1. The molecule has 0 atom stereocenters. The van der Waals surface area contributed by atoms with Crippen molar-refractivity contribution < 1.29 is 9.84 Å². The molecule has 0 saturated carbocycles. The molecule has 0 spiro atoms. The summed E-state index contributed by atoms with van der Waals surface area (Å²) in [6, 6.07) is 5.14. The van der Waals surface area contributed by atoms with Gasteiger partial charge in [0.1, 0.15) is 10.8 Å². The molecule has 2 aromatic heterocycles. The quantitative estimate of drug-likeness (QED) is 0.736. The number of hydrogen-bond donors (Lipinski definition) is 0. The molecule has 5 heteroatoms. The highest BCUT2D eigenvalue weighted by Crippen LogP contribution is 2.34. The Hall–Kier alpha value is -2.14. The first-order chi connectivity index (χ1) is 10.5. The number of hydrogen-bond acceptors (Lipinski definition) is 5. The number of fused-ring (bicyclic) bond motifs is 1. The summed E-state index contributed by atoms with van der Waals surface area (Å²) in [5.41, 5.74) is 3.21. The minimum absolute atomic E-state index is 0.0351. The fourth-order valence-corrected chi connectivity index (χ4v) is 3.32. The van der Waals surface area contributed by atoms with E-state index in [0.29, 0.717) is 22.5 Å². The lowest BCUT2D eigenvalue weighted by atomic mass is 10.1. The van der Waals surface area contributed by atoms with Gasteiger partial charge in [-0.25, -0.2) is 9.97 Å². The van der Waals surface area contributed by atoms with Crippen LogP contribution in [0.1, 0.15) is 31.0 Å². The molecule has 0 aliphatic rings. The number of aryl methyl sites for hydroxylation is 1. The fourth-order valence-electron chi connectivity index (χ4n) is 2.38. The van der Waals surface area contributed by atoms with Crippen molar-refractivity contribution >= 4 is 22.2 Å². The number of pyridine rings is 1. The molecule has 0 fully saturated rings. The smallest absolute Gasteiger partial charge is 0.142 e. The van der Waals surface area contributed by atoms with E-state index in [1.165, 1.54) is 11.3 Å². The van der Waals surface area contributed by atoms with Gasteiger partial charge in [-0.05, 0) is 36.4 Å². The van der Waals surface area contributed by atoms with Gasteiger partial charge < -0.3 is 9.84 Å². The van der Waals surface area contributed by atoms with Crippen LogP contribution >= 0.6 is 11.3 Å². The summed E-state index contributed by atoms with van der Waals surface area (Å²) in [7, 11) is 1.62. The topological polar surface area (TPSA) is 58.1 Å². The first-order valence-electron chi connectivity index (χ1n) is 7.12. The maximum Gasteiger partial charge on any atom is 0.142 e. The lowest BCUT2D eigenvalue weighted by molar-refractivity contribution is -0.265. The molecule has 3 rings (SSSR count). The zero-order valence-electron chi connectivity index (χ0n) is 13.0. The normalized spacial score (nSPS) is 11.3. The summed E-state index contributed by atoms with van der Waals surface area (Å²) in [6.07, 6.45) is 0. The highest BCUT2D eigenvalue weighted by atomic mass is 32.1. The summed E-state index contributed by atoms with van der Waals surface area (Å²) in [6.45, 7) is 6.11. The van der Waals surface area contributed by atoms with E-state index in [9.17, 15) is 5.11 Å². The fraction of sp³-hybridized carbons (Fsp3) is 0.294. The maximum atomic E-state index is 12.4. The van der Waals surface area contributed by atoms with E-state index in [-0.39, 0.29) is 5.75 Å². The molecule has 114 valence electrons. The summed E-state index contributed by atoms with van der Waals surface area (Å²) in [5.74, 6) is 1.06. The van der Waals surface area contributed by atoms with Crippen LogP contribution in [0.5, 0.6) is 11.5 Å². The van der Waals surface area contributed by atoms with E-state index in [2.05, 4.69) is 23.8 Å². The molecule has 0 saturated heterocycles. The van der Waals surface area contributed by atoms with E-state index in [1.54, 1.807) is 25.3 Å². The Balaban J connectivity index is 2.20. The van der Waals surface area contributed by atoms with Gasteiger partial charge in [-0.15, -0.1) is 11.3 Å². The second-order valence-corrected chi connectivity index (χ2v) is 6.38. The molecule has 22 heavy (non-hydrogen) atoms. The average Bonchev–Trinajstić information content (AvgIpc) is 2.98. The Morgan fingerprint density at radius 1 is 1.23 bits per heavy atom. The van der Waals surface area contributed by atoms with E-state index < -0.39 is 0 Å². The summed E-state index contributed by atoms with van der Waals surface area (Å²) < 4.78 is 5.32. The first kappa shape index (κ1) is 14.8. The lowest BCUT2D eigenvalue weighted by Gasteiger charge is -2.15. The molecule has 0 unspecified atom stereocenters. The van der Waals surface area contributed by atoms with Crippen LogP contribution in [0.3, 0.4) is 0 Å². The molecule has 0 bridgehead atoms. The second kappa shape index (κ2) is 5.57. The van der Waals surface area contributed by atoms with Crippen molar-refractivity contribution in [1.29, 1.82) is 0 Å². The Morgan fingerprint density at radius 2 is 2.00 bits per heavy atom. The first-order valence-corrected chi connectivity index (χ1v) is 8.00. The van der Waals surface area contributed by atoms with Crippen LogP contribution in [0.15, 0.2) is 23.6 Å². The van der Waals surface area contributed by atoms with Crippen LogP contribution in [0.4, 0.5) is 0 Å². The van der Waals surface area contributed by atoms with Crippen LogP contribution in [0.25, 0.3) is 21.6 Å². The zero-order valence-corrected chi connectivity index (χ0v) is 13.8. The molecule has 0 aliphatic carbocycles. The van der Waals surface area contributed by atoms with Crippen molar-refractivity contribution in [2.75, 3.05) is 7.11 Å². The lowest BCUT2D eigenvalue weighted by Crippen LogP contribution is -1.98. The highest BCUT2D eigenvalue weighted by molar-refractivity contribution is 7.13. The van der Waals surface area contributed by atoms with Gasteiger partial charge in [0.2, 0.25) is 0 Å². The Kier molecular flexibility index (Phi) is 3.74. The van der Waals surface area contributed by atoms with Crippen molar-refractivity contribution in [3.8, 4) is 22.2 Å². The average molecular weight is 313 g/mol. The van der Waals surface area contributed by atoms with Gasteiger partial charge in [0, 0.05) is 10.9 Å². The van der Waals surface area contributed by atoms with Gasteiger partial charge in [0.15, 0.2) is 0 Å². The standard InChI is InChI=1S/C17H18N2O2S/c1-9(2)13-8-22-17(19-13)12-7-14(20)11-5-6-15(21-4)10(3)16(11)18-12/h5-9H,1-4H3,(H,18,20)/p-1. The number of nitrogens with zero attached hydrogens (tertiary/aromatic N) is 2. The van der Waals surface area contributed by atoms with E-state index in [4.69, 9.17) is 4.74 Å². The second-order valence-electron chi connectivity index (χ2n) is 5.53. The number of ether oxygens (including phenoxy) is 1. The SMILES string of the molecule is COc1ccc2c([O-])cc(-c3nc(C(C)C)cs3)nc2c1C. The van der Waals surface area contributed by atoms with Crippen molar-refractivity contribution in [2.24, 2.45) is 0 Å². The minimum Gasteiger partial charge on any atom is -0.872 e. The van der Waals surface area contributed by atoms with Crippen molar-refractivity contribution in [2.45, 2.75) is 26.7 Å². The van der Waals surface area contributed by atoms with Crippen LogP contribution < -0.4 is 9.84 Å². The van der Waals surface area contributed by atoms with Gasteiger partial charge in [-0.3, -0.25) is 0 Å². The highest BCUT2D eigenvalue weighted by Gasteiger charge is 2.12. The number of thiazole rings is 1. The van der Waals surface area contributed by atoms with E-state index in [1.807, 2.05) is 12.3 Å². The van der Waals surface area contributed by atoms with Gasteiger partial charge in [-0.2, -0.15) is 0 Å². The third-order valence-electron chi connectivity index (χ3n) is 3.70. The van der Waals surface area contributed by atoms with Gasteiger partial charge in [0.25, 0.3) is 0 Å². The van der Waals surface area contributed by atoms with Crippen LogP contribution in [0, 0.1) is 6.92 Å². The zero-order chi connectivity index (χ0) is 15.9. The number of rotatable bonds is 3. The van der Waals surface area contributed by atoms with Gasteiger partial charge in [0.05, 0.1) is 24.0 Å². The predicted octanol–water partition coefficient (Wildman–Crippen LogP) is 3.87. The maximum absolute atomic E-state index is 12.4. The van der Waals surface area contributed by atoms with E-state index in [0.717, 1.165) is 22.0 Å². The largest absolute Gasteiger partial charge is 0.872 e. The molecular weight excluding hydrogens is 296 g/mol. The molecule has 4 nitrogen and oxygen atoms in total. The molecule has 3 aromatic rings. The molecule has 0 aliphatic heterocycles. The van der Waals surface area contributed by atoms with Gasteiger partial charge >= 0.3 is 0 Å². The Morgan fingerprint density at radius 3 is 2.64 bits per heavy atom. The molecular formula is C17H17N2O2S-. The third kappa shape index (κ3) is 2.41. The van der Waals surface area contributed by atoms with Crippen molar-refractivity contribution in [3.05, 3.63) is 34.8 Å². The Bertz CT molecular complexity index is 840. The molecule has 0 amide bonds. The molecule has 0 radical (unpaired) electrons. The van der Waals surface area contributed by atoms with Crippen LogP contribution in [0.2, 0.25) is 0 Å². The predicted molar refractivity (Wildman–Crippen MR) is 87.7 cm³/mol. The van der Waals surface area contributed by atoms with Gasteiger partial charge in [-0.1, -0.05) is 19.6 Å². The van der Waals surface area contributed by atoms with Crippen molar-refractivity contribution in [3.63, 3.8) is 0 Å². The third-order valence-corrected chi connectivity index (χ3v) is 4.58.